The predicted molar refractivity (Wildman–Crippen MR) is 126 cm³/mol. The van der Waals surface area contributed by atoms with Crippen LogP contribution in [0.4, 0.5) is 18.9 Å². The maximum absolute atomic E-state index is 14.3. The van der Waals surface area contributed by atoms with Crippen LogP contribution in [0.1, 0.15) is 37.9 Å². The molecule has 0 fully saturated rings. The molecule has 0 saturated heterocycles. The Morgan fingerprint density at radius 3 is 2.34 bits per heavy atom. The number of carbonyl (C=O) groups excluding carboxylic acids is 2. The molecule has 0 bridgehead atoms. The standard InChI is InChI=1S/C25H31F3N4O3/c1-13(2)20(30-23(33)14(3)29-4)25(35)32-11-10-15-12-16(26)8-9-17(15)22(32)24(34)31-21-18(27)6-5-7-19(21)28/h5-9,12-14,20,22,24,29,31,34H,10-11H2,1-4H3,(H,30,33). The second-order valence-electron chi connectivity index (χ2n) is 9.00. The van der Waals surface area contributed by atoms with E-state index in [-0.39, 0.29) is 18.4 Å². The lowest BCUT2D eigenvalue weighted by atomic mass is 9.89. The monoisotopic (exact) mass is 492 g/mol. The summed E-state index contributed by atoms with van der Waals surface area (Å²) in [6.07, 6.45) is -1.32. The summed E-state index contributed by atoms with van der Waals surface area (Å²) >= 11 is 0. The van der Waals surface area contributed by atoms with Crippen LogP contribution in [0.2, 0.25) is 0 Å². The second-order valence-corrected chi connectivity index (χ2v) is 9.00. The highest BCUT2D eigenvalue weighted by atomic mass is 19.1. The number of aliphatic hydroxyl groups is 1. The largest absolute Gasteiger partial charge is 0.371 e. The summed E-state index contributed by atoms with van der Waals surface area (Å²) in [5, 5.41) is 19.1. The first kappa shape index (κ1) is 26.5. The molecule has 190 valence electrons. The van der Waals surface area contributed by atoms with E-state index < -0.39 is 53.4 Å². The van der Waals surface area contributed by atoms with Gasteiger partial charge in [-0.3, -0.25) is 9.59 Å². The van der Waals surface area contributed by atoms with E-state index >= 15 is 0 Å². The van der Waals surface area contributed by atoms with Gasteiger partial charge in [-0.1, -0.05) is 26.0 Å². The molecular formula is C25H31F3N4O3. The molecule has 2 aromatic carbocycles. The zero-order chi connectivity index (χ0) is 25.9. The molecule has 0 saturated carbocycles. The van der Waals surface area contributed by atoms with Crippen molar-refractivity contribution in [1.82, 2.24) is 15.5 Å². The number of benzene rings is 2. The van der Waals surface area contributed by atoms with Crippen molar-refractivity contribution in [3.05, 3.63) is 65.0 Å². The molecular weight excluding hydrogens is 461 g/mol. The molecule has 0 radical (unpaired) electrons. The van der Waals surface area contributed by atoms with Gasteiger partial charge in [-0.25, -0.2) is 13.2 Å². The van der Waals surface area contributed by atoms with Crippen LogP contribution in [-0.2, 0) is 16.0 Å². The number of fused-ring (bicyclic) bond motifs is 1. The summed E-state index contributed by atoms with van der Waals surface area (Å²) in [6.45, 7) is 5.32. The number of rotatable bonds is 8. The van der Waals surface area contributed by atoms with Gasteiger partial charge < -0.3 is 26.0 Å². The average Bonchev–Trinajstić information content (AvgIpc) is 2.82. The number of hydrogen-bond acceptors (Lipinski definition) is 5. The fourth-order valence-corrected chi connectivity index (χ4v) is 4.18. The highest BCUT2D eigenvalue weighted by Gasteiger charge is 2.40. The van der Waals surface area contributed by atoms with Crippen molar-refractivity contribution in [2.24, 2.45) is 5.92 Å². The first-order valence-corrected chi connectivity index (χ1v) is 11.5. The topological polar surface area (TPSA) is 93.7 Å². The second kappa shape index (κ2) is 11.1. The number of hydrogen-bond donors (Lipinski definition) is 4. The molecule has 4 atom stereocenters. The van der Waals surface area contributed by atoms with E-state index in [0.29, 0.717) is 17.5 Å². The average molecular weight is 493 g/mol. The smallest absolute Gasteiger partial charge is 0.246 e. The Bertz CT molecular complexity index is 1060. The van der Waals surface area contributed by atoms with Crippen molar-refractivity contribution < 1.29 is 27.9 Å². The molecule has 10 heteroatoms. The molecule has 7 nitrogen and oxygen atoms in total. The van der Waals surface area contributed by atoms with Crippen LogP contribution in [-0.4, -0.2) is 53.7 Å². The Labute approximate surface area is 202 Å². The van der Waals surface area contributed by atoms with Crippen LogP contribution < -0.4 is 16.0 Å². The van der Waals surface area contributed by atoms with Crippen molar-refractivity contribution >= 4 is 17.5 Å². The van der Waals surface area contributed by atoms with Crippen LogP contribution in [0, 0.1) is 23.4 Å². The first-order chi connectivity index (χ1) is 16.5. The number of likely N-dealkylation sites (N-methyl/N-ethyl adjacent to an activating group) is 1. The van der Waals surface area contributed by atoms with Gasteiger partial charge in [0.2, 0.25) is 11.8 Å². The molecule has 3 rings (SSSR count). The quantitative estimate of drug-likeness (QED) is 0.426. The molecule has 1 aliphatic rings. The normalized spacial score (nSPS) is 18.0. The highest BCUT2D eigenvalue weighted by molar-refractivity contribution is 5.90. The van der Waals surface area contributed by atoms with Crippen molar-refractivity contribution in [2.45, 2.75) is 51.5 Å². The molecule has 1 heterocycles. The SMILES string of the molecule is CNC(C)C(=O)NC(C(=O)N1CCc2cc(F)ccc2C1C(O)Nc1c(F)cccc1F)C(C)C. The van der Waals surface area contributed by atoms with Crippen LogP contribution in [0.3, 0.4) is 0 Å². The summed E-state index contributed by atoms with van der Waals surface area (Å²) in [6, 6.07) is 4.69. The lowest BCUT2D eigenvalue weighted by Gasteiger charge is -2.42. The van der Waals surface area contributed by atoms with Crippen molar-refractivity contribution in [3.8, 4) is 0 Å². The van der Waals surface area contributed by atoms with Crippen molar-refractivity contribution in [2.75, 3.05) is 18.9 Å². The van der Waals surface area contributed by atoms with E-state index in [1.54, 1.807) is 27.8 Å². The van der Waals surface area contributed by atoms with Crippen molar-refractivity contribution in [3.63, 3.8) is 0 Å². The van der Waals surface area contributed by atoms with Gasteiger partial charge in [0.05, 0.1) is 6.04 Å². The molecule has 4 unspecified atom stereocenters. The Kier molecular flexibility index (Phi) is 8.39. The van der Waals surface area contributed by atoms with Crippen LogP contribution in [0.15, 0.2) is 36.4 Å². The lowest BCUT2D eigenvalue weighted by molar-refractivity contribution is -0.142. The minimum atomic E-state index is -1.63. The van der Waals surface area contributed by atoms with Crippen LogP contribution in [0.5, 0.6) is 0 Å². The maximum atomic E-state index is 14.3. The van der Waals surface area contributed by atoms with Gasteiger partial charge in [0, 0.05) is 6.54 Å². The molecule has 2 aromatic rings. The van der Waals surface area contributed by atoms with Gasteiger partial charge in [-0.15, -0.1) is 0 Å². The fraction of sp³-hybridized carbons (Fsp3) is 0.440. The summed E-state index contributed by atoms with van der Waals surface area (Å²) in [7, 11) is 1.62. The predicted octanol–water partition coefficient (Wildman–Crippen LogP) is 2.71. The molecule has 0 spiro atoms. The third-order valence-corrected chi connectivity index (χ3v) is 6.28. The summed E-state index contributed by atoms with van der Waals surface area (Å²) in [5.74, 6) is -3.43. The molecule has 35 heavy (non-hydrogen) atoms. The number of carbonyl (C=O) groups is 2. The Balaban J connectivity index is 1.99. The van der Waals surface area contributed by atoms with Gasteiger partial charge >= 0.3 is 0 Å². The zero-order valence-electron chi connectivity index (χ0n) is 20.1. The molecule has 0 aliphatic carbocycles. The van der Waals surface area contributed by atoms with Gasteiger partial charge in [-0.05, 0) is 61.7 Å². The van der Waals surface area contributed by atoms with E-state index in [9.17, 15) is 27.9 Å². The Hall–Kier alpha value is -3.11. The van der Waals surface area contributed by atoms with Gasteiger partial charge in [0.1, 0.15) is 41.5 Å². The van der Waals surface area contributed by atoms with Crippen molar-refractivity contribution in [1.29, 1.82) is 0 Å². The number of halogens is 3. The van der Waals surface area contributed by atoms with E-state index in [2.05, 4.69) is 16.0 Å². The van der Waals surface area contributed by atoms with Gasteiger partial charge in [0.25, 0.3) is 0 Å². The molecule has 0 aromatic heterocycles. The minimum absolute atomic E-state index is 0.110. The Morgan fingerprint density at radius 1 is 1.09 bits per heavy atom. The van der Waals surface area contributed by atoms with Crippen LogP contribution in [0.25, 0.3) is 0 Å². The number of anilines is 1. The number of nitrogens with zero attached hydrogens (tertiary/aromatic N) is 1. The Morgan fingerprint density at radius 2 is 1.74 bits per heavy atom. The van der Waals surface area contributed by atoms with Gasteiger partial charge in [-0.2, -0.15) is 0 Å². The molecule has 4 N–H and O–H groups in total. The minimum Gasteiger partial charge on any atom is -0.371 e. The third-order valence-electron chi connectivity index (χ3n) is 6.28. The van der Waals surface area contributed by atoms with E-state index in [1.807, 2.05) is 0 Å². The number of para-hydroxylation sites is 1. The number of nitrogens with one attached hydrogen (secondary N) is 3. The molecule has 2 amide bonds. The third kappa shape index (κ3) is 5.76. The number of amides is 2. The van der Waals surface area contributed by atoms with Gasteiger partial charge in [0.15, 0.2) is 0 Å². The van der Waals surface area contributed by atoms with E-state index in [4.69, 9.17) is 0 Å². The summed E-state index contributed by atoms with van der Waals surface area (Å²) in [4.78, 5) is 27.6. The van der Waals surface area contributed by atoms with E-state index in [1.165, 1.54) is 29.2 Å². The lowest BCUT2D eigenvalue weighted by Crippen LogP contribution is -2.57. The molecule has 1 aliphatic heterocycles. The van der Waals surface area contributed by atoms with Crippen LogP contribution >= 0.6 is 0 Å². The fourth-order valence-electron chi connectivity index (χ4n) is 4.18. The van der Waals surface area contributed by atoms with E-state index in [0.717, 1.165) is 12.1 Å². The first-order valence-electron chi connectivity index (χ1n) is 11.5. The maximum Gasteiger partial charge on any atom is 0.246 e. The number of aliphatic hydroxyl groups excluding tert-OH is 1. The summed E-state index contributed by atoms with van der Waals surface area (Å²) in [5.41, 5.74) is 0.473. The summed E-state index contributed by atoms with van der Waals surface area (Å²) < 4.78 is 42.5. The zero-order valence-corrected chi connectivity index (χ0v) is 20.1. The highest BCUT2D eigenvalue weighted by Crippen LogP contribution is 2.35.